The first kappa shape index (κ1) is 23.4. The number of hydrogen-bond donors (Lipinski definition) is 1. The molecule has 0 bridgehead atoms. The minimum absolute atomic E-state index is 0.105. The third-order valence-electron chi connectivity index (χ3n) is 5.60. The number of nitrogens with zero attached hydrogens (tertiary/aromatic N) is 5. The molecule has 2 aromatic heterocycles. The first-order valence-electron chi connectivity index (χ1n) is 10.7. The van der Waals surface area contributed by atoms with Crippen LogP contribution in [-0.4, -0.2) is 42.9 Å². The Morgan fingerprint density at radius 1 is 1.06 bits per heavy atom. The van der Waals surface area contributed by atoms with E-state index in [1.807, 2.05) is 66.2 Å². The summed E-state index contributed by atoms with van der Waals surface area (Å²) in [4.78, 5) is 25.6. The van der Waals surface area contributed by atoms with Crippen LogP contribution >= 0.6 is 11.8 Å². The van der Waals surface area contributed by atoms with Gasteiger partial charge in [0.1, 0.15) is 17.3 Å². The summed E-state index contributed by atoms with van der Waals surface area (Å²) in [5.74, 6) is 1.41. The molecule has 4 rings (SSSR count). The summed E-state index contributed by atoms with van der Waals surface area (Å²) in [5, 5.41) is 11.9. The van der Waals surface area contributed by atoms with E-state index < -0.39 is 0 Å². The largest absolute Gasteiger partial charge is 0.497 e. The summed E-state index contributed by atoms with van der Waals surface area (Å²) in [6.45, 7) is 1.80. The number of methoxy groups -OCH3 is 1. The van der Waals surface area contributed by atoms with Gasteiger partial charge in [0.25, 0.3) is 5.56 Å². The number of nitrogens with one attached hydrogen (secondary N) is 1. The van der Waals surface area contributed by atoms with Crippen molar-refractivity contribution in [2.45, 2.75) is 18.5 Å². The van der Waals surface area contributed by atoms with E-state index in [9.17, 15) is 9.59 Å². The number of amides is 1. The van der Waals surface area contributed by atoms with Gasteiger partial charge in [-0.1, -0.05) is 42.1 Å². The van der Waals surface area contributed by atoms with Crippen molar-refractivity contribution in [1.29, 1.82) is 0 Å². The van der Waals surface area contributed by atoms with Crippen molar-refractivity contribution < 1.29 is 9.53 Å². The average molecular weight is 479 g/mol. The number of hydrogen-bond acceptors (Lipinski definition) is 6. The number of benzene rings is 2. The lowest BCUT2D eigenvalue weighted by atomic mass is 10.1. The van der Waals surface area contributed by atoms with E-state index in [0.717, 1.165) is 22.8 Å². The molecule has 1 amide bonds. The zero-order valence-corrected chi connectivity index (χ0v) is 20.3. The molecule has 0 spiro atoms. The second-order valence-corrected chi connectivity index (χ2v) is 8.70. The summed E-state index contributed by atoms with van der Waals surface area (Å²) in [5.41, 5.74) is 2.49. The van der Waals surface area contributed by atoms with Crippen molar-refractivity contribution in [2.24, 2.45) is 14.1 Å². The van der Waals surface area contributed by atoms with Gasteiger partial charge in [-0.2, -0.15) is 0 Å². The molecule has 2 aromatic carbocycles. The monoisotopic (exact) mass is 478 g/mol. The number of aromatic nitrogens is 5. The third kappa shape index (κ3) is 4.76. The Morgan fingerprint density at radius 2 is 1.76 bits per heavy atom. The molecule has 34 heavy (non-hydrogen) atoms. The Labute approximate surface area is 201 Å². The molecule has 10 heteroatoms. The Kier molecular flexibility index (Phi) is 6.87. The number of anilines is 1. The summed E-state index contributed by atoms with van der Waals surface area (Å²) < 4.78 is 10.3. The Balaban J connectivity index is 1.42. The van der Waals surface area contributed by atoms with Gasteiger partial charge in [0.15, 0.2) is 5.16 Å². The SMILES string of the molecule is COc1ccc(Cc2nnc(SCC(=O)Nc3c(C)n(C)n(-c4ccccc4)c3=O)n2C)cc1. The van der Waals surface area contributed by atoms with Crippen LogP contribution < -0.4 is 15.6 Å². The lowest BCUT2D eigenvalue weighted by molar-refractivity contribution is -0.113. The summed E-state index contributed by atoms with van der Waals surface area (Å²) in [7, 11) is 5.30. The molecule has 0 radical (unpaired) electrons. The van der Waals surface area contributed by atoms with Crippen molar-refractivity contribution in [3.8, 4) is 11.4 Å². The average Bonchev–Trinajstić information content (AvgIpc) is 3.30. The molecular formula is C24H26N6O3S. The maximum atomic E-state index is 13.0. The van der Waals surface area contributed by atoms with Gasteiger partial charge >= 0.3 is 0 Å². The molecule has 0 aliphatic heterocycles. The Bertz CT molecular complexity index is 1360. The highest BCUT2D eigenvalue weighted by molar-refractivity contribution is 7.99. The number of carbonyl (C=O) groups excluding carboxylic acids is 1. The fourth-order valence-electron chi connectivity index (χ4n) is 3.57. The molecule has 9 nitrogen and oxygen atoms in total. The first-order chi connectivity index (χ1) is 16.4. The van der Waals surface area contributed by atoms with Crippen molar-refractivity contribution in [1.82, 2.24) is 24.1 Å². The quantitative estimate of drug-likeness (QED) is 0.391. The molecule has 0 saturated carbocycles. The topological polar surface area (TPSA) is 96.0 Å². The third-order valence-corrected chi connectivity index (χ3v) is 6.62. The molecule has 0 aliphatic carbocycles. The standard InChI is InChI=1S/C24H26N6O3S/c1-16-22(23(32)30(29(16)3)18-8-6-5-7-9-18)25-21(31)15-34-24-27-26-20(28(24)2)14-17-10-12-19(33-4)13-11-17/h5-13H,14-15H2,1-4H3,(H,25,31). The van der Waals surface area contributed by atoms with Gasteiger partial charge in [-0.05, 0) is 36.8 Å². The van der Waals surface area contributed by atoms with E-state index in [1.165, 1.54) is 16.4 Å². The van der Waals surface area contributed by atoms with Gasteiger partial charge in [0.2, 0.25) is 5.91 Å². The number of para-hydroxylation sites is 1. The molecule has 2 heterocycles. The van der Waals surface area contributed by atoms with Crippen LogP contribution in [-0.2, 0) is 25.3 Å². The van der Waals surface area contributed by atoms with E-state index in [-0.39, 0.29) is 22.9 Å². The fraction of sp³-hybridized carbons (Fsp3) is 0.250. The molecule has 0 atom stereocenters. The number of rotatable bonds is 8. The Hall–Kier alpha value is -3.79. The van der Waals surface area contributed by atoms with E-state index >= 15 is 0 Å². The normalized spacial score (nSPS) is 10.9. The molecule has 4 aromatic rings. The molecule has 0 aliphatic rings. The van der Waals surface area contributed by atoms with E-state index in [4.69, 9.17) is 4.74 Å². The van der Waals surface area contributed by atoms with E-state index in [0.29, 0.717) is 17.3 Å². The number of carbonyl (C=O) groups is 1. The summed E-state index contributed by atoms with van der Waals surface area (Å²) in [6, 6.07) is 17.1. The van der Waals surface area contributed by atoms with Crippen LogP contribution in [0.5, 0.6) is 5.75 Å². The van der Waals surface area contributed by atoms with Gasteiger partial charge in [0.05, 0.1) is 24.2 Å². The van der Waals surface area contributed by atoms with Crippen molar-refractivity contribution >= 4 is 23.4 Å². The van der Waals surface area contributed by atoms with Crippen molar-refractivity contribution in [3.63, 3.8) is 0 Å². The molecule has 176 valence electrons. The highest BCUT2D eigenvalue weighted by Crippen LogP contribution is 2.20. The molecule has 0 fully saturated rings. The maximum absolute atomic E-state index is 13.0. The van der Waals surface area contributed by atoms with Crippen molar-refractivity contribution in [3.05, 3.63) is 82.0 Å². The van der Waals surface area contributed by atoms with Gasteiger partial charge in [0, 0.05) is 20.5 Å². The zero-order valence-electron chi connectivity index (χ0n) is 19.5. The number of thioether (sulfide) groups is 1. The van der Waals surface area contributed by atoms with E-state index in [2.05, 4.69) is 15.5 Å². The van der Waals surface area contributed by atoms with E-state index in [1.54, 1.807) is 25.8 Å². The highest BCUT2D eigenvalue weighted by Gasteiger charge is 2.19. The van der Waals surface area contributed by atoms with Crippen LogP contribution in [0.1, 0.15) is 17.1 Å². The first-order valence-corrected chi connectivity index (χ1v) is 11.7. The Morgan fingerprint density at radius 3 is 2.44 bits per heavy atom. The van der Waals surface area contributed by atoms with Crippen LogP contribution in [0.15, 0.2) is 64.5 Å². The second-order valence-electron chi connectivity index (χ2n) is 7.76. The van der Waals surface area contributed by atoms with Gasteiger partial charge < -0.3 is 14.6 Å². The summed E-state index contributed by atoms with van der Waals surface area (Å²) in [6.07, 6.45) is 0.614. The lowest BCUT2D eigenvalue weighted by Crippen LogP contribution is -2.23. The van der Waals surface area contributed by atoms with Crippen LogP contribution in [0, 0.1) is 6.92 Å². The highest BCUT2D eigenvalue weighted by atomic mass is 32.2. The maximum Gasteiger partial charge on any atom is 0.295 e. The summed E-state index contributed by atoms with van der Waals surface area (Å²) >= 11 is 1.27. The van der Waals surface area contributed by atoms with Crippen LogP contribution in [0.25, 0.3) is 5.69 Å². The predicted octanol–water partition coefficient (Wildman–Crippen LogP) is 2.94. The van der Waals surface area contributed by atoms with Crippen LogP contribution in [0.4, 0.5) is 5.69 Å². The van der Waals surface area contributed by atoms with Gasteiger partial charge in [-0.15, -0.1) is 10.2 Å². The van der Waals surface area contributed by atoms with Crippen LogP contribution in [0.3, 0.4) is 0 Å². The van der Waals surface area contributed by atoms with Crippen molar-refractivity contribution in [2.75, 3.05) is 18.2 Å². The van der Waals surface area contributed by atoms with Gasteiger partial charge in [-0.3, -0.25) is 14.3 Å². The second kappa shape index (κ2) is 10.0. The molecule has 0 saturated heterocycles. The van der Waals surface area contributed by atoms with Crippen LogP contribution in [0.2, 0.25) is 0 Å². The minimum atomic E-state index is -0.282. The fourth-order valence-corrected chi connectivity index (χ4v) is 4.30. The smallest absolute Gasteiger partial charge is 0.295 e. The lowest BCUT2D eigenvalue weighted by Gasteiger charge is -2.07. The zero-order chi connectivity index (χ0) is 24.2. The van der Waals surface area contributed by atoms with Gasteiger partial charge in [-0.25, -0.2) is 4.68 Å². The minimum Gasteiger partial charge on any atom is -0.497 e. The molecule has 0 unspecified atom stereocenters. The molecular weight excluding hydrogens is 452 g/mol. The number of ether oxygens (including phenoxy) is 1. The predicted molar refractivity (Wildman–Crippen MR) is 132 cm³/mol. The molecule has 1 N–H and O–H groups in total.